The normalized spacial score (nSPS) is 33.7. The van der Waals surface area contributed by atoms with E-state index in [-0.39, 0.29) is 5.92 Å². The van der Waals surface area contributed by atoms with Crippen LogP contribution in [-0.4, -0.2) is 12.8 Å². The van der Waals surface area contributed by atoms with Crippen LogP contribution in [0.2, 0.25) is 0 Å². The minimum atomic E-state index is 0.211. The third-order valence-electron chi connectivity index (χ3n) is 2.35. The molecule has 0 unspecified atom stereocenters. The van der Waals surface area contributed by atoms with Crippen LogP contribution in [0, 0.1) is 11.8 Å². The maximum absolute atomic E-state index is 10.2. The molecule has 2 heteroatoms. The minimum absolute atomic E-state index is 0.211. The molecule has 0 atom stereocenters. The Morgan fingerprint density at radius 1 is 1.30 bits per heavy atom. The van der Waals surface area contributed by atoms with Crippen molar-refractivity contribution in [3.63, 3.8) is 0 Å². The van der Waals surface area contributed by atoms with Crippen molar-refractivity contribution in [3.8, 4) is 0 Å². The second-order valence-corrected chi connectivity index (χ2v) is 3.07. The Morgan fingerprint density at radius 2 is 1.90 bits per heavy atom. The monoisotopic (exact) mass is 140 g/mol. The Kier molecular flexibility index (Phi) is 2.87. The Bertz CT molecular complexity index is 106. The quantitative estimate of drug-likeness (QED) is 0.618. The fourth-order valence-electron chi connectivity index (χ4n) is 1.52. The summed E-state index contributed by atoms with van der Waals surface area (Å²) in [5.41, 5.74) is 5.49. The number of hydrogen-bond acceptors (Lipinski definition) is 2. The van der Waals surface area contributed by atoms with Gasteiger partial charge >= 0.3 is 0 Å². The highest BCUT2D eigenvalue weighted by Gasteiger charge is 2.19. The second-order valence-electron chi connectivity index (χ2n) is 3.07. The van der Waals surface area contributed by atoms with Gasteiger partial charge in [0.15, 0.2) is 0 Å². The van der Waals surface area contributed by atoms with E-state index < -0.39 is 0 Å². The molecule has 1 aliphatic carbocycles. The number of rotatable bonds is 2. The molecule has 10 heavy (non-hydrogen) atoms. The lowest BCUT2D eigenvalue weighted by molar-refractivity contribution is 0.321. The van der Waals surface area contributed by atoms with Gasteiger partial charge in [-0.1, -0.05) is 0 Å². The van der Waals surface area contributed by atoms with Crippen LogP contribution < -0.4 is 5.73 Å². The lowest BCUT2D eigenvalue weighted by atomic mass is 9.83. The Morgan fingerprint density at radius 3 is 2.30 bits per heavy atom. The number of nitrogens with two attached hydrogens (primary N) is 1. The predicted molar refractivity (Wildman–Crippen MR) is 40.2 cm³/mol. The van der Waals surface area contributed by atoms with Crippen molar-refractivity contribution >= 4 is 6.29 Å². The van der Waals surface area contributed by atoms with Gasteiger partial charge in [0.05, 0.1) is 0 Å². The van der Waals surface area contributed by atoms with E-state index in [0.717, 1.165) is 32.2 Å². The van der Waals surface area contributed by atoms with Crippen LogP contribution in [0.25, 0.3) is 0 Å². The van der Waals surface area contributed by atoms with Gasteiger partial charge in [-0.15, -0.1) is 0 Å². The fourth-order valence-corrected chi connectivity index (χ4v) is 1.52. The molecule has 1 aliphatic rings. The third-order valence-corrected chi connectivity index (χ3v) is 2.35. The van der Waals surface area contributed by atoms with E-state index >= 15 is 0 Å². The highest BCUT2D eigenvalue weighted by atomic mass is 16.1. The molecule has 0 heterocycles. The first kappa shape index (κ1) is 7.73. The highest BCUT2D eigenvalue weighted by Crippen LogP contribution is 2.26. The molecule has 1 fully saturated rings. The van der Waals surface area contributed by atoms with Gasteiger partial charge in [0, 0.05) is 5.92 Å². The molecule has 0 spiro atoms. The van der Waals surface area contributed by atoms with E-state index in [2.05, 4.69) is 6.29 Å². The van der Waals surface area contributed by atoms with Crippen LogP contribution in [-0.2, 0) is 4.79 Å². The highest BCUT2D eigenvalue weighted by molar-refractivity contribution is 5.54. The summed E-state index contributed by atoms with van der Waals surface area (Å²) in [6, 6.07) is 0. The zero-order valence-electron chi connectivity index (χ0n) is 6.18. The fraction of sp³-hybridized carbons (Fsp3) is 0.875. The largest absolute Gasteiger partial charge is 0.330 e. The van der Waals surface area contributed by atoms with Crippen molar-refractivity contribution in [1.82, 2.24) is 0 Å². The van der Waals surface area contributed by atoms with Crippen molar-refractivity contribution in [2.75, 3.05) is 6.54 Å². The molecule has 1 radical (unpaired) electrons. The van der Waals surface area contributed by atoms with Crippen molar-refractivity contribution in [2.45, 2.75) is 25.7 Å². The topological polar surface area (TPSA) is 43.1 Å². The summed E-state index contributed by atoms with van der Waals surface area (Å²) < 4.78 is 0. The molecule has 0 aliphatic heterocycles. The van der Waals surface area contributed by atoms with Gasteiger partial charge in [0.2, 0.25) is 6.29 Å². The van der Waals surface area contributed by atoms with Crippen molar-refractivity contribution < 1.29 is 4.79 Å². The summed E-state index contributed by atoms with van der Waals surface area (Å²) in [4.78, 5) is 10.2. The Labute approximate surface area is 61.8 Å². The van der Waals surface area contributed by atoms with Crippen LogP contribution in [0.15, 0.2) is 0 Å². The zero-order valence-corrected chi connectivity index (χ0v) is 6.18. The summed E-state index contributed by atoms with van der Waals surface area (Å²) in [5, 5.41) is 0. The minimum Gasteiger partial charge on any atom is -0.330 e. The van der Waals surface area contributed by atoms with E-state index in [0.29, 0.717) is 5.92 Å². The summed E-state index contributed by atoms with van der Waals surface area (Å²) in [7, 11) is 0. The molecule has 0 aromatic rings. The van der Waals surface area contributed by atoms with Crippen LogP contribution in [0.1, 0.15) is 25.7 Å². The molecule has 0 bridgehead atoms. The van der Waals surface area contributed by atoms with Crippen LogP contribution in [0.4, 0.5) is 0 Å². The number of hydrogen-bond donors (Lipinski definition) is 1. The van der Waals surface area contributed by atoms with Gasteiger partial charge in [0.25, 0.3) is 0 Å². The smallest absolute Gasteiger partial charge is 0.201 e. The van der Waals surface area contributed by atoms with Gasteiger partial charge in [-0.2, -0.15) is 0 Å². The number of carbonyl (C=O) groups excluding carboxylic acids is 1. The van der Waals surface area contributed by atoms with E-state index in [9.17, 15) is 4.79 Å². The van der Waals surface area contributed by atoms with E-state index in [1.165, 1.54) is 0 Å². The van der Waals surface area contributed by atoms with Gasteiger partial charge in [-0.3, -0.25) is 4.79 Å². The summed E-state index contributed by atoms with van der Waals surface area (Å²) in [5.74, 6) is 0.882. The first-order chi connectivity index (χ1) is 4.86. The van der Waals surface area contributed by atoms with Crippen molar-refractivity contribution in [2.24, 2.45) is 17.6 Å². The molecule has 0 aromatic carbocycles. The van der Waals surface area contributed by atoms with E-state index in [1.54, 1.807) is 0 Å². The predicted octanol–water partition coefficient (Wildman–Crippen LogP) is 0.861. The van der Waals surface area contributed by atoms with E-state index in [4.69, 9.17) is 5.73 Å². The molecular formula is C8H14NO. The SMILES string of the molecule is NCC1CCC([C]=O)CC1. The molecule has 2 N–H and O–H groups in total. The van der Waals surface area contributed by atoms with Gasteiger partial charge in [-0.05, 0) is 38.1 Å². The standard InChI is InChI=1S/C8H14NO/c9-5-7-1-3-8(6-10)4-2-7/h7-8H,1-5,9H2. The first-order valence-electron chi connectivity index (χ1n) is 3.94. The van der Waals surface area contributed by atoms with Crippen LogP contribution in [0.3, 0.4) is 0 Å². The van der Waals surface area contributed by atoms with Gasteiger partial charge in [-0.25, -0.2) is 0 Å². The lowest BCUT2D eigenvalue weighted by Gasteiger charge is -2.23. The molecule has 0 aromatic heterocycles. The third kappa shape index (κ3) is 1.81. The molecule has 57 valence electrons. The van der Waals surface area contributed by atoms with Crippen molar-refractivity contribution in [3.05, 3.63) is 0 Å². The van der Waals surface area contributed by atoms with Gasteiger partial charge < -0.3 is 5.73 Å². The van der Waals surface area contributed by atoms with Crippen molar-refractivity contribution in [1.29, 1.82) is 0 Å². The summed E-state index contributed by atoms with van der Waals surface area (Å²) in [6.45, 7) is 0.783. The molecule has 0 amide bonds. The molecule has 1 rings (SSSR count). The summed E-state index contributed by atoms with van der Waals surface area (Å²) >= 11 is 0. The molecule has 1 saturated carbocycles. The van der Waals surface area contributed by atoms with Crippen LogP contribution >= 0.6 is 0 Å². The lowest BCUT2D eigenvalue weighted by Crippen LogP contribution is -2.21. The Hall–Kier alpha value is -0.370. The van der Waals surface area contributed by atoms with Crippen LogP contribution in [0.5, 0.6) is 0 Å². The second kappa shape index (κ2) is 3.71. The average Bonchev–Trinajstić information content (AvgIpc) is 2.05. The van der Waals surface area contributed by atoms with E-state index in [1.807, 2.05) is 0 Å². The van der Waals surface area contributed by atoms with Gasteiger partial charge in [0.1, 0.15) is 0 Å². The summed E-state index contributed by atoms with van der Waals surface area (Å²) in [6.07, 6.45) is 6.31. The zero-order chi connectivity index (χ0) is 7.40. The first-order valence-corrected chi connectivity index (χ1v) is 3.94. The maximum Gasteiger partial charge on any atom is 0.201 e. The Balaban J connectivity index is 2.23. The molecule has 2 nitrogen and oxygen atoms in total. The molecule has 0 saturated heterocycles. The molecular weight excluding hydrogens is 126 g/mol. The maximum atomic E-state index is 10.2. The average molecular weight is 140 g/mol.